The van der Waals surface area contributed by atoms with Crippen LogP contribution in [0.15, 0.2) is 47.3 Å². The molecule has 32 heavy (non-hydrogen) atoms. The minimum atomic E-state index is -0.107. The van der Waals surface area contributed by atoms with E-state index in [4.69, 9.17) is 14.5 Å². The summed E-state index contributed by atoms with van der Waals surface area (Å²) < 4.78 is 13.0. The van der Waals surface area contributed by atoms with Crippen molar-refractivity contribution in [3.63, 3.8) is 0 Å². The number of aliphatic hydroxyl groups is 1. The van der Waals surface area contributed by atoms with Gasteiger partial charge in [0.15, 0.2) is 0 Å². The molecular formula is C25H33N3O4. The van der Waals surface area contributed by atoms with Gasteiger partial charge in [-0.15, -0.1) is 0 Å². The highest BCUT2D eigenvalue weighted by Gasteiger charge is 2.17. The quantitative estimate of drug-likeness (QED) is 0.495. The van der Waals surface area contributed by atoms with Crippen LogP contribution in [0.4, 0.5) is 0 Å². The number of aromatic nitrogens is 2. The Morgan fingerprint density at radius 1 is 1.16 bits per heavy atom. The van der Waals surface area contributed by atoms with E-state index >= 15 is 0 Å². The molecule has 0 amide bonds. The van der Waals surface area contributed by atoms with Gasteiger partial charge in [0.2, 0.25) is 0 Å². The van der Waals surface area contributed by atoms with Crippen LogP contribution in [0.3, 0.4) is 0 Å². The maximum Gasteiger partial charge on any atom is 0.266 e. The Kier molecular flexibility index (Phi) is 8.39. The lowest BCUT2D eigenvalue weighted by Gasteiger charge is -2.23. The van der Waals surface area contributed by atoms with Gasteiger partial charge in [-0.1, -0.05) is 25.1 Å². The minimum absolute atomic E-state index is 0.0404. The topological polar surface area (TPSA) is 76.8 Å². The van der Waals surface area contributed by atoms with E-state index in [1.165, 1.54) is 0 Å². The molecule has 1 aromatic heterocycles. The van der Waals surface area contributed by atoms with E-state index in [2.05, 4.69) is 4.90 Å². The van der Waals surface area contributed by atoms with E-state index in [-0.39, 0.29) is 18.3 Å². The van der Waals surface area contributed by atoms with Crippen molar-refractivity contribution in [1.29, 1.82) is 0 Å². The van der Waals surface area contributed by atoms with Crippen molar-refractivity contribution in [3.8, 4) is 11.4 Å². The van der Waals surface area contributed by atoms with E-state index in [1.807, 2.05) is 57.2 Å². The monoisotopic (exact) mass is 439 g/mol. The van der Waals surface area contributed by atoms with E-state index in [0.717, 1.165) is 5.56 Å². The molecule has 7 heteroatoms. The summed E-state index contributed by atoms with van der Waals surface area (Å²) in [6, 6.07) is 13.3. The normalized spacial score (nSPS) is 11.6. The number of nitrogens with zero attached hydrogens (tertiary/aromatic N) is 3. The molecule has 2 aromatic carbocycles. The molecule has 7 nitrogen and oxygen atoms in total. The molecule has 0 bridgehead atoms. The number of ether oxygens (including phenoxy) is 2. The lowest BCUT2D eigenvalue weighted by Crippen LogP contribution is -2.30. The van der Waals surface area contributed by atoms with Gasteiger partial charge in [-0.05, 0) is 43.7 Å². The summed E-state index contributed by atoms with van der Waals surface area (Å²) in [6.07, 6.45) is 0.567. The Hall–Kier alpha value is -2.74. The van der Waals surface area contributed by atoms with Crippen LogP contribution in [0, 0.1) is 0 Å². The summed E-state index contributed by atoms with van der Waals surface area (Å²) >= 11 is 0. The minimum Gasteiger partial charge on any atom is -0.489 e. The fourth-order valence-electron chi connectivity index (χ4n) is 3.74. The molecule has 0 aliphatic heterocycles. The summed E-state index contributed by atoms with van der Waals surface area (Å²) in [7, 11) is 1.67. The van der Waals surface area contributed by atoms with Gasteiger partial charge in [0.05, 0.1) is 35.9 Å². The lowest BCUT2D eigenvalue weighted by atomic mass is 10.1. The van der Waals surface area contributed by atoms with Gasteiger partial charge in [0, 0.05) is 33.2 Å². The average molecular weight is 440 g/mol. The number of fused-ring (bicyclic) bond motifs is 1. The van der Waals surface area contributed by atoms with E-state index in [1.54, 1.807) is 17.7 Å². The second-order valence-electron chi connectivity index (χ2n) is 8.00. The highest BCUT2D eigenvalue weighted by Crippen LogP contribution is 2.27. The van der Waals surface area contributed by atoms with Crippen LogP contribution < -0.4 is 10.3 Å². The molecule has 0 unspecified atom stereocenters. The van der Waals surface area contributed by atoms with Gasteiger partial charge >= 0.3 is 0 Å². The Morgan fingerprint density at radius 3 is 2.62 bits per heavy atom. The number of benzene rings is 2. The number of rotatable bonds is 11. The molecule has 0 radical (unpaired) electrons. The summed E-state index contributed by atoms with van der Waals surface area (Å²) in [5.74, 6) is 1.33. The maximum atomic E-state index is 13.5. The largest absolute Gasteiger partial charge is 0.489 e. The Labute approximate surface area is 189 Å². The van der Waals surface area contributed by atoms with Crippen LogP contribution in [-0.4, -0.2) is 59.1 Å². The van der Waals surface area contributed by atoms with Crippen LogP contribution in [0.1, 0.15) is 32.2 Å². The third-order valence-corrected chi connectivity index (χ3v) is 5.22. The van der Waals surface area contributed by atoms with Gasteiger partial charge < -0.3 is 14.6 Å². The summed E-state index contributed by atoms with van der Waals surface area (Å²) in [6.45, 7) is 8.44. The van der Waals surface area contributed by atoms with Crippen molar-refractivity contribution in [3.05, 3.63) is 64.2 Å². The number of para-hydroxylation sites is 1. The molecule has 3 rings (SSSR count). The zero-order valence-corrected chi connectivity index (χ0v) is 19.4. The Balaban J connectivity index is 2.14. The molecule has 0 saturated heterocycles. The average Bonchev–Trinajstić information content (AvgIpc) is 2.78. The van der Waals surface area contributed by atoms with Crippen molar-refractivity contribution in [2.45, 2.75) is 39.8 Å². The standard InChI is InChI=1S/C25H33N3O4/c1-5-24-26-21-9-7-6-8-20(21)25(30)28(24)22-16-19(10-11-23(22)32-18(2)3)17-27(12-14-29)13-15-31-4/h6-11,16,18,29H,5,12-15,17H2,1-4H3. The highest BCUT2D eigenvalue weighted by atomic mass is 16.5. The fourth-order valence-corrected chi connectivity index (χ4v) is 3.74. The number of hydrogen-bond acceptors (Lipinski definition) is 6. The SMILES string of the molecule is CCc1nc2ccccc2c(=O)n1-c1cc(CN(CCO)CCOC)ccc1OC(C)C. The molecule has 0 aliphatic rings. The Bertz CT molecular complexity index is 1090. The molecule has 0 fully saturated rings. The second-order valence-corrected chi connectivity index (χ2v) is 8.00. The molecule has 1 N–H and O–H groups in total. The molecule has 1 heterocycles. The van der Waals surface area contributed by atoms with Crippen LogP contribution in [0.2, 0.25) is 0 Å². The van der Waals surface area contributed by atoms with Crippen molar-refractivity contribution >= 4 is 10.9 Å². The first kappa shape index (κ1) is 23.9. The van der Waals surface area contributed by atoms with Crippen molar-refractivity contribution in [2.24, 2.45) is 0 Å². The molecule has 172 valence electrons. The van der Waals surface area contributed by atoms with Crippen LogP contribution in [0.5, 0.6) is 5.75 Å². The molecule has 0 atom stereocenters. The molecule has 3 aromatic rings. The summed E-state index contributed by atoms with van der Waals surface area (Å²) in [5, 5.41) is 10.0. The molecule has 0 spiro atoms. The van der Waals surface area contributed by atoms with Crippen LogP contribution >= 0.6 is 0 Å². The predicted molar refractivity (Wildman–Crippen MR) is 127 cm³/mol. The van der Waals surface area contributed by atoms with Gasteiger partial charge in [0.25, 0.3) is 5.56 Å². The maximum absolute atomic E-state index is 13.5. The fraction of sp³-hybridized carbons (Fsp3) is 0.440. The first-order valence-electron chi connectivity index (χ1n) is 11.1. The summed E-state index contributed by atoms with van der Waals surface area (Å²) in [4.78, 5) is 20.4. The molecule has 0 aliphatic carbocycles. The molecular weight excluding hydrogens is 406 g/mol. The summed E-state index contributed by atoms with van der Waals surface area (Å²) in [5.41, 5.74) is 2.29. The van der Waals surface area contributed by atoms with E-state index < -0.39 is 0 Å². The second kappa shape index (κ2) is 11.2. The first-order chi connectivity index (χ1) is 15.5. The number of aryl methyl sites for hydroxylation is 1. The highest BCUT2D eigenvalue weighted by molar-refractivity contribution is 5.78. The zero-order chi connectivity index (χ0) is 23.1. The lowest BCUT2D eigenvalue weighted by molar-refractivity contribution is 0.127. The molecule has 0 saturated carbocycles. The van der Waals surface area contributed by atoms with Crippen LogP contribution in [-0.2, 0) is 17.7 Å². The van der Waals surface area contributed by atoms with E-state index in [9.17, 15) is 9.90 Å². The zero-order valence-electron chi connectivity index (χ0n) is 19.4. The third kappa shape index (κ3) is 5.54. The smallest absolute Gasteiger partial charge is 0.266 e. The van der Waals surface area contributed by atoms with Crippen LogP contribution in [0.25, 0.3) is 16.6 Å². The van der Waals surface area contributed by atoms with Crippen molar-refractivity contribution in [1.82, 2.24) is 14.5 Å². The number of hydrogen-bond donors (Lipinski definition) is 1. The Morgan fingerprint density at radius 2 is 1.94 bits per heavy atom. The van der Waals surface area contributed by atoms with E-state index in [0.29, 0.717) is 60.8 Å². The first-order valence-corrected chi connectivity index (χ1v) is 11.1. The number of methoxy groups -OCH3 is 1. The van der Waals surface area contributed by atoms with Gasteiger partial charge in [-0.2, -0.15) is 0 Å². The van der Waals surface area contributed by atoms with Gasteiger partial charge in [-0.25, -0.2) is 4.98 Å². The van der Waals surface area contributed by atoms with Crippen molar-refractivity contribution in [2.75, 3.05) is 33.4 Å². The van der Waals surface area contributed by atoms with Crippen molar-refractivity contribution < 1.29 is 14.6 Å². The van der Waals surface area contributed by atoms with Gasteiger partial charge in [-0.3, -0.25) is 14.3 Å². The third-order valence-electron chi connectivity index (χ3n) is 5.22. The number of aliphatic hydroxyl groups excluding tert-OH is 1. The van der Waals surface area contributed by atoms with Gasteiger partial charge in [0.1, 0.15) is 11.6 Å². The predicted octanol–water partition coefficient (Wildman–Crippen LogP) is 3.18.